The molecule has 2 heterocycles. The molecule has 1 aromatic heterocycles. The number of nitrogens with one attached hydrogen (secondary N) is 1. The van der Waals surface area contributed by atoms with Gasteiger partial charge in [0.05, 0.1) is 6.04 Å². The van der Waals surface area contributed by atoms with E-state index in [1.165, 1.54) is 12.8 Å². The average molecular weight is 288 g/mol. The van der Waals surface area contributed by atoms with Crippen LogP contribution in [0.1, 0.15) is 31.1 Å². The molecular weight excluding hydrogens is 270 g/mol. The topological polar surface area (TPSA) is 34.4 Å². The van der Waals surface area contributed by atoms with Gasteiger partial charge in [-0.15, -0.1) is 0 Å². The molecule has 0 aromatic carbocycles. The first-order valence-electron chi connectivity index (χ1n) is 5.80. The molecule has 1 aromatic rings. The van der Waals surface area contributed by atoms with Crippen molar-refractivity contribution in [1.29, 1.82) is 0 Å². The highest BCUT2D eigenvalue weighted by molar-refractivity contribution is 9.10. The molecule has 0 amide bonds. The maximum absolute atomic E-state index is 5.60. The standard InChI is InChI=1S/C12H18BrNO2/c1-14-10(11-2-3-12(13)16-11)8-9-4-6-15-7-5-9/h2-3,9-10,14H,4-8H2,1H3. The highest BCUT2D eigenvalue weighted by Crippen LogP contribution is 2.29. The van der Waals surface area contributed by atoms with Crippen LogP contribution in [0.4, 0.5) is 0 Å². The van der Waals surface area contributed by atoms with E-state index in [1.807, 2.05) is 19.2 Å². The zero-order chi connectivity index (χ0) is 11.4. The Hall–Kier alpha value is -0.320. The van der Waals surface area contributed by atoms with Gasteiger partial charge < -0.3 is 14.5 Å². The minimum absolute atomic E-state index is 0.314. The number of halogens is 1. The largest absolute Gasteiger partial charge is 0.453 e. The molecule has 0 spiro atoms. The Labute approximate surface area is 105 Å². The van der Waals surface area contributed by atoms with Crippen molar-refractivity contribution in [3.63, 3.8) is 0 Å². The smallest absolute Gasteiger partial charge is 0.169 e. The van der Waals surface area contributed by atoms with Gasteiger partial charge in [0.2, 0.25) is 0 Å². The molecule has 3 nitrogen and oxygen atoms in total. The van der Waals surface area contributed by atoms with E-state index in [9.17, 15) is 0 Å². The van der Waals surface area contributed by atoms with E-state index < -0.39 is 0 Å². The molecule has 0 bridgehead atoms. The predicted molar refractivity (Wildman–Crippen MR) is 66.4 cm³/mol. The second-order valence-corrected chi connectivity index (χ2v) is 5.06. The number of hydrogen-bond acceptors (Lipinski definition) is 3. The summed E-state index contributed by atoms with van der Waals surface area (Å²) in [5.41, 5.74) is 0. The van der Waals surface area contributed by atoms with Crippen LogP contribution in [0.25, 0.3) is 0 Å². The summed E-state index contributed by atoms with van der Waals surface area (Å²) in [5.74, 6) is 1.76. The lowest BCUT2D eigenvalue weighted by atomic mass is 9.92. The van der Waals surface area contributed by atoms with Crippen LogP contribution in [-0.4, -0.2) is 20.3 Å². The zero-order valence-electron chi connectivity index (χ0n) is 9.54. The van der Waals surface area contributed by atoms with Crippen LogP contribution in [-0.2, 0) is 4.74 Å². The summed E-state index contributed by atoms with van der Waals surface area (Å²) in [7, 11) is 1.99. The lowest BCUT2D eigenvalue weighted by molar-refractivity contribution is 0.0599. The minimum atomic E-state index is 0.314. The number of ether oxygens (including phenoxy) is 1. The predicted octanol–water partition coefficient (Wildman–Crippen LogP) is 3.12. The molecule has 1 fully saturated rings. The van der Waals surface area contributed by atoms with Crippen LogP contribution in [0.2, 0.25) is 0 Å². The number of furan rings is 1. The molecule has 1 N–H and O–H groups in total. The molecule has 1 aliphatic heterocycles. The summed E-state index contributed by atoms with van der Waals surface area (Å²) in [6.07, 6.45) is 3.46. The quantitative estimate of drug-likeness (QED) is 0.924. The molecule has 16 heavy (non-hydrogen) atoms. The Bertz CT molecular complexity index is 321. The Kier molecular flexibility index (Phi) is 4.44. The third-order valence-corrected chi connectivity index (χ3v) is 3.62. The van der Waals surface area contributed by atoms with Crippen molar-refractivity contribution in [2.24, 2.45) is 5.92 Å². The monoisotopic (exact) mass is 287 g/mol. The van der Waals surface area contributed by atoms with Gasteiger partial charge in [-0.2, -0.15) is 0 Å². The van der Waals surface area contributed by atoms with Crippen molar-refractivity contribution in [2.75, 3.05) is 20.3 Å². The number of hydrogen-bond donors (Lipinski definition) is 1. The van der Waals surface area contributed by atoms with Gasteiger partial charge in [0.25, 0.3) is 0 Å². The molecule has 90 valence electrons. The Morgan fingerprint density at radius 2 is 2.19 bits per heavy atom. The van der Waals surface area contributed by atoms with Crippen LogP contribution < -0.4 is 5.32 Å². The lowest BCUT2D eigenvalue weighted by Crippen LogP contribution is -2.23. The van der Waals surface area contributed by atoms with E-state index in [-0.39, 0.29) is 0 Å². The van der Waals surface area contributed by atoms with E-state index in [1.54, 1.807) is 0 Å². The summed E-state index contributed by atoms with van der Waals surface area (Å²) >= 11 is 3.34. The van der Waals surface area contributed by atoms with Crippen molar-refractivity contribution >= 4 is 15.9 Å². The molecular formula is C12H18BrNO2. The molecule has 0 saturated carbocycles. The van der Waals surface area contributed by atoms with Crippen molar-refractivity contribution < 1.29 is 9.15 Å². The summed E-state index contributed by atoms with van der Waals surface area (Å²) in [4.78, 5) is 0. The normalized spacial score (nSPS) is 19.9. The first-order chi connectivity index (χ1) is 7.79. The summed E-state index contributed by atoms with van der Waals surface area (Å²) in [5, 5.41) is 3.32. The van der Waals surface area contributed by atoms with E-state index in [2.05, 4.69) is 21.2 Å². The summed E-state index contributed by atoms with van der Waals surface area (Å²) < 4.78 is 11.8. The van der Waals surface area contributed by atoms with Gasteiger partial charge >= 0.3 is 0 Å². The zero-order valence-corrected chi connectivity index (χ0v) is 11.1. The van der Waals surface area contributed by atoms with Crippen molar-refractivity contribution in [3.8, 4) is 0 Å². The van der Waals surface area contributed by atoms with Gasteiger partial charge in [-0.25, -0.2) is 0 Å². The average Bonchev–Trinajstić information content (AvgIpc) is 2.74. The molecule has 1 unspecified atom stereocenters. The third kappa shape index (κ3) is 3.09. The summed E-state index contributed by atoms with van der Waals surface area (Å²) in [6, 6.07) is 4.29. The van der Waals surface area contributed by atoms with E-state index in [0.29, 0.717) is 6.04 Å². The van der Waals surface area contributed by atoms with Gasteiger partial charge in [0.15, 0.2) is 4.67 Å². The highest BCUT2D eigenvalue weighted by Gasteiger charge is 2.21. The van der Waals surface area contributed by atoms with Gasteiger partial charge in [0, 0.05) is 13.2 Å². The maximum atomic E-state index is 5.60. The highest BCUT2D eigenvalue weighted by atomic mass is 79.9. The van der Waals surface area contributed by atoms with E-state index in [4.69, 9.17) is 9.15 Å². The first kappa shape index (κ1) is 12.1. The van der Waals surface area contributed by atoms with Gasteiger partial charge in [-0.3, -0.25) is 0 Å². The fourth-order valence-corrected chi connectivity index (χ4v) is 2.53. The van der Waals surface area contributed by atoms with Crippen LogP contribution >= 0.6 is 15.9 Å². The SMILES string of the molecule is CNC(CC1CCOCC1)c1ccc(Br)o1. The van der Waals surface area contributed by atoms with Crippen molar-refractivity contribution in [2.45, 2.75) is 25.3 Å². The Balaban J connectivity index is 1.94. The molecule has 1 aliphatic rings. The van der Waals surface area contributed by atoms with Crippen molar-refractivity contribution in [1.82, 2.24) is 5.32 Å². The fourth-order valence-electron chi connectivity index (χ4n) is 2.21. The van der Waals surface area contributed by atoms with Gasteiger partial charge in [0.1, 0.15) is 5.76 Å². The molecule has 1 atom stereocenters. The van der Waals surface area contributed by atoms with Crippen LogP contribution in [0.5, 0.6) is 0 Å². The molecule has 0 radical (unpaired) electrons. The molecule has 1 saturated heterocycles. The minimum Gasteiger partial charge on any atom is -0.453 e. The second kappa shape index (κ2) is 5.84. The molecule has 0 aliphatic carbocycles. The van der Waals surface area contributed by atoms with Crippen LogP contribution in [0, 0.1) is 5.92 Å². The van der Waals surface area contributed by atoms with Gasteiger partial charge in [-0.1, -0.05) is 0 Å². The van der Waals surface area contributed by atoms with E-state index >= 15 is 0 Å². The molecule has 4 heteroatoms. The third-order valence-electron chi connectivity index (χ3n) is 3.20. The maximum Gasteiger partial charge on any atom is 0.169 e. The van der Waals surface area contributed by atoms with Crippen LogP contribution in [0.3, 0.4) is 0 Å². The fraction of sp³-hybridized carbons (Fsp3) is 0.667. The van der Waals surface area contributed by atoms with E-state index in [0.717, 1.165) is 36.0 Å². The number of rotatable bonds is 4. The molecule has 2 rings (SSSR count). The van der Waals surface area contributed by atoms with Crippen molar-refractivity contribution in [3.05, 3.63) is 22.6 Å². The van der Waals surface area contributed by atoms with Crippen LogP contribution in [0.15, 0.2) is 21.2 Å². The Morgan fingerprint density at radius 1 is 1.44 bits per heavy atom. The summed E-state index contributed by atoms with van der Waals surface area (Å²) in [6.45, 7) is 1.81. The van der Waals surface area contributed by atoms with Gasteiger partial charge in [-0.05, 0) is 60.3 Å². The second-order valence-electron chi connectivity index (χ2n) is 4.27. The first-order valence-corrected chi connectivity index (χ1v) is 6.59. The lowest BCUT2D eigenvalue weighted by Gasteiger charge is -2.25. The Morgan fingerprint density at radius 3 is 2.75 bits per heavy atom.